The highest BCUT2D eigenvalue weighted by Gasteiger charge is 2.37. The Kier molecular flexibility index (Phi) is 5.35. The van der Waals surface area contributed by atoms with Crippen LogP contribution in [0, 0.1) is 0 Å². The second-order valence-electron chi connectivity index (χ2n) is 8.60. The first-order chi connectivity index (χ1) is 16.7. The van der Waals surface area contributed by atoms with Crippen LogP contribution < -0.4 is 0 Å². The second-order valence-corrected chi connectivity index (χ2v) is 9.49. The molecule has 0 bridgehead atoms. The van der Waals surface area contributed by atoms with Gasteiger partial charge >= 0.3 is 0 Å². The fourth-order valence-corrected chi connectivity index (χ4v) is 5.16. The molecule has 0 saturated carbocycles. The number of carbonyl (C=O) groups excluding carboxylic acids is 2. The zero-order chi connectivity index (χ0) is 23.1. The highest BCUT2D eigenvalue weighted by atomic mass is 32.1. The number of nitrogens with zero attached hydrogens (tertiary/aromatic N) is 5. The molecule has 2 aromatic carbocycles. The number of hydrogen-bond acceptors (Lipinski definition) is 7. The molecule has 0 N–H and O–H groups in total. The summed E-state index contributed by atoms with van der Waals surface area (Å²) >= 11 is 1.38. The number of hydrogen-bond donors (Lipinski definition) is 0. The minimum atomic E-state index is 0.0127. The third kappa shape index (κ3) is 3.86. The van der Waals surface area contributed by atoms with Gasteiger partial charge in [-0.1, -0.05) is 18.2 Å². The first-order valence-electron chi connectivity index (χ1n) is 11.3. The number of oxazole rings is 1. The molecule has 34 heavy (non-hydrogen) atoms. The molecule has 0 atom stereocenters. The Bertz CT molecular complexity index is 1320. The molecule has 0 radical (unpaired) electrons. The molecule has 4 aromatic rings. The summed E-state index contributed by atoms with van der Waals surface area (Å²) < 4.78 is 5.86. The average molecular weight is 474 g/mol. The number of benzene rings is 2. The first kappa shape index (κ1) is 21.0. The van der Waals surface area contributed by atoms with E-state index < -0.39 is 0 Å². The number of rotatable bonds is 4. The van der Waals surface area contributed by atoms with Gasteiger partial charge in [0.05, 0.1) is 0 Å². The fraction of sp³-hybridized carbons (Fsp3) is 0.280. The van der Waals surface area contributed by atoms with Crippen molar-refractivity contribution in [1.29, 1.82) is 0 Å². The van der Waals surface area contributed by atoms with Crippen LogP contribution in [0.1, 0.15) is 20.2 Å². The smallest absolute Gasteiger partial charge is 0.282 e. The third-order valence-corrected chi connectivity index (χ3v) is 7.30. The standard InChI is InChI=1S/C25H23N5O3S/c31-24(18-6-7-21-20(14-18)27-22(33-21)17-4-2-1-3-5-17)30-15-19(16-30)28-9-11-29(12-10-28)25(32)23-26-8-13-34-23/h1-8,13-14,19H,9-12,15-16H2. The summed E-state index contributed by atoms with van der Waals surface area (Å²) in [5.41, 5.74) is 2.88. The topological polar surface area (TPSA) is 82.8 Å². The number of aromatic nitrogens is 2. The normalized spacial score (nSPS) is 17.2. The summed E-state index contributed by atoms with van der Waals surface area (Å²) in [5, 5.41) is 2.38. The van der Waals surface area contributed by atoms with Gasteiger partial charge in [0.25, 0.3) is 11.8 Å². The van der Waals surface area contributed by atoms with Crippen molar-refractivity contribution in [3.05, 3.63) is 70.7 Å². The van der Waals surface area contributed by atoms with E-state index in [1.165, 1.54) is 11.3 Å². The van der Waals surface area contributed by atoms with Crippen molar-refractivity contribution < 1.29 is 14.0 Å². The summed E-state index contributed by atoms with van der Waals surface area (Å²) in [7, 11) is 0. The van der Waals surface area contributed by atoms with E-state index in [4.69, 9.17) is 4.42 Å². The van der Waals surface area contributed by atoms with Crippen LogP contribution >= 0.6 is 11.3 Å². The van der Waals surface area contributed by atoms with E-state index in [2.05, 4.69) is 14.9 Å². The second kappa shape index (κ2) is 8.66. The van der Waals surface area contributed by atoms with E-state index in [1.807, 2.05) is 57.6 Å². The van der Waals surface area contributed by atoms with Gasteiger partial charge in [0.2, 0.25) is 5.89 Å². The van der Waals surface area contributed by atoms with Crippen LogP contribution in [0.15, 0.2) is 64.5 Å². The lowest BCUT2D eigenvalue weighted by atomic mass is 10.0. The van der Waals surface area contributed by atoms with Crippen LogP contribution in [-0.4, -0.2) is 81.8 Å². The first-order valence-corrected chi connectivity index (χ1v) is 12.2. The fourth-order valence-electron chi connectivity index (χ4n) is 4.55. The average Bonchev–Trinajstić information content (AvgIpc) is 3.53. The number of thiazole rings is 1. The molecule has 2 saturated heterocycles. The highest BCUT2D eigenvalue weighted by molar-refractivity contribution is 7.11. The van der Waals surface area contributed by atoms with Gasteiger partial charge in [0.1, 0.15) is 5.52 Å². The minimum absolute atomic E-state index is 0.0127. The van der Waals surface area contributed by atoms with Crippen LogP contribution in [0.2, 0.25) is 0 Å². The molecule has 9 heteroatoms. The van der Waals surface area contributed by atoms with Gasteiger partial charge in [-0.3, -0.25) is 14.5 Å². The van der Waals surface area contributed by atoms with Gasteiger partial charge in [-0.25, -0.2) is 9.97 Å². The number of carbonyl (C=O) groups is 2. The van der Waals surface area contributed by atoms with Gasteiger partial charge in [-0.15, -0.1) is 11.3 Å². The number of fused-ring (bicyclic) bond motifs is 1. The molecule has 2 aromatic heterocycles. The number of amides is 2. The number of piperazine rings is 1. The summed E-state index contributed by atoms with van der Waals surface area (Å²) in [6.45, 7) is 4.41. The van der Waals surface area contributed by atoms with Crippen molar-refractivity contribution >= 4 is 34.3 Å². The van der Waals surface area contributed by atoms with Crippen molar-refractivity contribution in [3.63, 3.8) is 0 Å². The zero-order valence-corrected chi connectivity index (χ0v) is 19.3. The molecule has 0 spiro atoms. The van der Waals surface area contributed by atoms with Crippen molar-refractivity contribution in [2.45, 2.75) is 6.04 Å². The maximum Gasteiger partial charge on any atom is 0.282 e. The van der Waals surface area contributed by atoms with Gasteiger partial charge in [0, 0.05) is 68.0 Å². The lowest BCUT2D eigenvalue weighted by Gasteiger charge is -2.48. The Labute approximate surface area is 200 Å². The lowest BCUT2D eigenvalue weighted by molar-refractivity contribution is 0.00854. The molecular weight excluding hydrogens is 450 g/mol. The molecule has 0 aliphatic carbocycles. The quantitative estimate of drug-likeness (QED) is 0.453. The predicted molar refractivity (Wildman–Crippen MR) is 129 cm³/mol. The van der Waals surface area contributed by atoms with Crippen molar-refractivity contribution in [2.75, 3.05) is 39.3 Å². The maximum atomic E-state index is 13.0. The summed E-state index contributed by atoms with van der Waals surface area (Å²) in [4.78, 5) is 40.3. The van der Waals surface area contributed by atoms with Crippen molar-refractivity contribution in [2.24, 2.45) is 0 Å². The third-order valence-electron chi connectivity index (χ3n) is 6.54. The summed E-state index contributed by atoms with van der Waals surface area (Å²) in [5.74, 6) is 0.579. The SMILES string of the molecule is O=C(c1ccc2oc(-c3ccccc3)nc2c1)N1CC(N2CCN(C(=O)c3nccs3)CC2)C1. The van der Waals surface area contributed by atoms with Crippen LogP contribution in [0.5, 0.6) is 0 Å². The molecule has 8 nitrogen and oxygen atoms in total. The Balaban J connectivity index is 1.06. The van der Waals surface area contributed by atoms with E-state index in [9.17, 15) is 9.59 Å². The van der Waals surface area contributed by atoms with Gasteiger partial charge in [0.15, 0.2) is 10.6 Å². The van der Waals surface area contributed by atoms with Crippen molar-refractivity contribution in [1.82, 2.24) is 24.7 Å². The van der Waals surface area contributed by atoms with Crippen LogP contribution in [-0.2, 0) is 0 Å². The van der Waals surface area contributed by atoms with E-state index in [0.29, 0.717) is 59.8 Å². The molecule has 0 unspecified atom stereocenters. The Morgan fingerprint density at radius 1 is 0.941 bits per heavy atom. The van der Waals surface area contributed by atoms with Gasteiger partial charge < -0.3 is 14.2 Å². The minimum Gasteiger partial charge on any atom is -0.436 e. The van der Waals surface area contributed by atoms with E-state index in [1.54, 1.807) is 12.3 Å². The van der Waals surface area contributed by atoms with E-state index >= 15 is 0 Å². The van der Waals surface area contributed by atoms with Gasteiger partial charge in [-0.2, -0.15) is 0 Å². The zero-order valence-electron chi connectivity index (χ0n) is 18.5. The summed E-state index contributed by atoms with van der Waals surface area (Å²) in [6, 6.07) is 15.5. The monoisotopic (exact) mass is 473 g/mol. The Morgan fingerprint density at radius 3 is 2.47 bits per heavy atom. The van der Waals surface area contributed by atoms with Crippen LogP contribution in [0.4, 0.5) is 0 Å². The molecule has 2 aliphatic heterocycles. The summed E-state index contributed by atoms with van der Waals surface area (Å²) in [6.07, 6.45) is 1.66. The van der Waals surface area contributed by atoms with E-state index in [-0.39, 0.29) is 11.8 Å². The van der Waals surface area contributed by atoms with Crippen molar-refractivity contribution in [3.8, 4) is 11.5 Å². The molecular formula is C25H23N5O3S. The van der Waals surface area contributed by atoms with Gasteiger partial charge in [-0.05, 0) is 30.3 Å². The van der Waals surface area contributed by atoms with E-state index in [0.717, 1.165) is 18.7 Å². The molecule has 172 valence electrons. The molecule has 2 amide bonds. The highest BCUT2D eigenvalue weighted by Crippen LogP contribution is 2.26. The molecule has 6 rings (SSSR count). The molecule has 2 aliphatic rings. The van der Waals surface area contributed by atoms with Crippen LogP contribution in [0.25, 0.3) is 22.6 Å². The molecule has 2 fully saturated rings. The van der Waals surface area contributed by atoms with Crippen LogP contribution in [0.3, 0.4) is 0 Å². The molecule has 4 heterocycles. The lowest BCUT2D eigenvalue weighted by Crippen LogP contribution is -2.64. The number of likely N-dealkylation sites (tertiary alicyclic amines) is 1. The Hall–Kier alpha value is -3.56. The predicted octanol–water partition coefficient (Wildman–Crippen LogP) is 3.23. The Morgan fingerprint density at radius 2 is 1.74 bits per heavy atom. The largest absolute Gasteiger partial charge is 0.436 e. The maximum absolute atomic E-state index is 13.0.